The molecule has 0 fully saturated rings. The molecule has 2 aromatic rings. The lowest BCUT2D eigenvalue weighted by Gasteiger charge is -2.13. The molecule has 1 amide bonds. The molecule has 2 N–H and O–H groups in total. The van der Waals surface area contributed by atoms with E-state index in [9.17, 15) is 9.59 Å². The number of benzene rings is 2. The number of hydrogen-bond donors (Lipinski definition) is 2. The Hall–Kier alpha value is -2.62. The van der Waals surface area contributed by atoms with Gasteiger partial charge < -0.3 is 10.4 Å². The third-order valence-electron chi connectivity index (χ3n) is 3.92. The van der Waals surface area contributed by atoms with Gasteiger partial charge in [0.05, 0.1) is 0 Å². The Kier molecular flexibility index (Phi) is 6.55. The second kappa shape index (κ2) is 8.87. The van der Waals surface area contributed by atoms with Crippen molar-refractivity contribution in [2.75, 3.05) is 6.54 Å². The normalized spacial score (nSPS) is 11.7. The maximum atomic E-state index is 12.4. The first-order valence-corrected chi connectivity index (χ1v) is 8.18. The molecule has 0 aliphatic carbocycles. The van der Waals surface area contributed by atoms with Gasteiger partial charge in [-0.15, -0.1) is 0 Å². The van der Waals surface area contributed by atoms with E-state index in [0.29, 0.717) is 12.1 Å². The number of aliphatic carboxylic acids is 1. The van der Waals surface area contributed by atoms with E-state index in [0.717, 1.165) is 18.4 Å². The smallest absolute Gasteiger partial charge is 0.303 e. The topological polar surface area (TPSA) is 66.4 Å². The highest BCUT2D eigenvalue weighted by Gasteiger charge is 2.13. The predicted molar refractivity (Wildman–Crippen MR) is 94.0 cm³/mol. The number of carbonyl (C=O) groups excluding carboxylic acids is 1. The summed E-state index contributed by atoms with van der Waals surface area (Å²) in [5.41, 5.74) is 2.91. The molecular weight excluding hydrogens is 302 g/mol. The molecule has 4 heteroatoms. The van der Waals surface area contributed by atoms with E-state index in [4.69, 9.17) is 5.11 Å². The second-order valence-electron chi connectivity index (χ2n) is 6.06. The molecule has 0 heterocycles. The van der Waals surface area contributed by atoms with Crippen LogP contribution >= 0.6 is 0 Å². The minimum atomic E-state index is -0.847. The number of hydrogen-bond acceptors (Lipinski definition) is 2. The van der Waals surface area contributed by atoms with E-state index in [1.54, 1.807) is 0 Å². The molecule has 0 spiro atoms. The second-order valence-corrected chi connectivity index (χ2v) is 6.06. The summed E-state index contributed by atoms with van der Waals surface area (Å²) in [6.45, 7) is 2.17. The zero-order valence-electron chi connectivity index (χ0n) is 13.9. The quantitative estimate of drug-likeness (QED) is 0.782. The average Bonchev–Trinajstić information content (AvgIpc) is 2.58. The Labute approximate surface area is 142 Å². The van der Waals surface area contributed by atoms with Gasteiger partial charge in [-0.3, -0.25) is 9.59 Å². The Morgan fingerprint density at radius 1 is 1.00 bits per heavy atom. The fourth-order valence-electron chi connectivity index (χ4n) is 2.62. The molecule has 0 aliphatic heterocycles. The molecule has 0 radical (unpaired) electrons. The third kappa shape index (κ3) is 5.54. The molecular formula is C20H23NO3. The van der Waals surface area contributed by atoms with Crippen molar-refractivity contribution >= 4 is 11.9 Å². The van der Waals surface area contributed by atoms with Crippen LogP contribution in [0.25, 0.3) is 0 Å². The van der Waals surface area contributed by atoms with Gasteiger partial charge in [-0.25, -0.2) is 0 Å². The first-order valence-electron chi connectivity index (χ1n) is 8.18. The molecule has 4 nitrogen and oxygen atoms in total. The Morgan fingerprint density at radius 3 is 2.38 bits per heavy atom. The van der Waals surface area contributed by atoms with E-state index < -0.39 is 5.97 Å². The van der Waals surface area contributed by atoms with Gasteiger partial charge in [0.2, 0.25) is 0 Å². The minimum absolute atomic E-state index is 0.0515. The first-order chi connectivity index (χ1) is 11.6. The third-order valence-corrected chi connectivity index (χ3v) is 3.92. The molecule has 0 saturated heterocycles. The van der Waals surface area contributed by atoms with Crippen molar-refractivity contribution < 1.29 is 14.7 Å². The van der Waals surface area contributed by atoms with Gasteiger partial charge in [0, 0.05) is 18.5 Å². The Bertz CT molecular complexity index is 682. The molecule has 24 heavy (non-hydrogen) atoms. The van der Waals surface area contributed by atoms with Crippen LogP contribution in [0.4, 0.5) is 0 Å². The van der Waals surface area contributed by atoms with Crippen molar-refractivity contribution in [1.29, 1.82) is 0 Å². The van der Waals surface area contributed by atoms with Crippen LogP contribution < -0.4 is 5.32 Å². The number of aryl methyl sites for hydroxylation is 2. The molecule has 2 aromatic carbocycles. The highest BCUT2D eigenvalue weighted by molar-refractivity contribution is 5.95. The molecule has 0 aromatic heterocycles. The SMILES string of the molecule is CC(CNC(=O)c1ccccc1CCc1ccccc1)CC(=O)O. The van der Waals surface area contributed by atoms with Gasteiger partial charge in [0.15, 0.2) is 0 Å². The van der Waals surface area contributed by atoms with Crippen LogP contribution in [0.3, 0.4) is 0 Å². The van der Waals surface area contributed by atoms with Crippen molar-refractivity contribution in [3.8, 4) is 0 Å². The van der Waals surface area contributed by atoms with Crippen LogP contribution in [0.2, 0.25) is 0 Å². The number of amides is 1. The molecule has 0 saturated carbocycles. The van der Waals surface area contributed by atoms with E-state index in [1.807, 2.05) is 49.4 Å². The van der Waals surface area contributed by atoms with Crippen molar-refractivity contribution in [1.82, 2.24) is 5.32 Å². The van der Waals surface area contributed by atoms with Gasteiger partial charge in [-0.1, -0.05) is 55.5 Å². The molecule has 1 unspecified atom stereocenters. The van der Waals surface area contributed by atoms with Crippen LogP contribution in [0, 0.1) is 5.92 Å². The summed E-state index contributed by atoms with van der Waals surface area (Å²) in [7, 11) is 0. The number of rotatable bonds is 8. The zero-order chi connectivity index (χ0) is 17.4. The molecule has 0 aliphatic rings. The standard InChI is InChI=1S/C20H23NO3/c1-15(13-19(22)23)14-21-20(24)18-10-6-5-9-17(18)12-11-16-7-3-2-4-8-16/h2-10,15H,11-14H2,1H3,(H,21,24)(H,22,23). The lowest BCUT2D eigenvalue weighted by Crippen LogP contribution is -2.30. The van der Waals surface area contributed by atoms with Gasteiger partial charge in [-0.05, 0) is 36.0 Å². The average molecular weight is 325 g/mol. The summed E-state index contributed by atoms with van der Waals surface area (Å²) in [4.78, 5) is 23.1. The summed E-state index contributed by atoms with van der Waals surface area (Å²) < 4.78 is 0. The molecule has 1 atom stereocenters. The van der Waals surface area contributed by atoms with Crippen LogP contribution in [0.1, 0.15) is 34.8 Å². The highest BCUT2D eigenvalue weighted by atomic mass is 16.4. The lowest BCUT2D eigenvalue weighted by atomic mass is 9.99. The number of nitrogens with one attached hydrogen (secondary N) is 1. The number of carboxylic acids is 1. The van der Waals surface area contributed by atoms with Crippen LogP contribution in [-0.2, 0) is 17.6 Å². The Morgan fingerprint density at radius 2 is 1.67 bits per heavy atom. The van der Waals surface area contributed by atoms with Gasteiger partial charge in [0.25, 0.3) is 5.91 Å². The first kappa shape index (κ1) is 17.7. The predicted octanol–water partition coefficient (Wildman–Crippen LogP) is 3.31. The van der Waals surface area contributed by atoms with Crippen LogP contribution in [-0.4, -0.2) is 23.5 Å². The fourth-order valence-corrected chi connectivity index (χ4v) is 2.62. The van der Waals surface area contributed by atoms with E-state index in [-0.39, 0.29) is 18.2 Å². The lowest BCUT2D eigenvalue weighted by molar-refractivity contribution is -0.137. The van der Waals surface area contributed by atoms with Crippen LogP contribution in [0.15, 0.2) is 54.6 Å². The fraction of sp³-hybridized carbons (Fsp3) is 0.300. The van der Waals surface area contributed by atoms with Gasteiger partial charge >= 0.3 is 5.97 Å². The van der Waals surface area contributed by atoms with Gasteiger partial charge in [0.1, 0.15) is 0 Å². The summed E-state index contributed by atoms with van der Waals surface area (Å²) in [6.07, 6.45) is 1.72. The summed E-state index contributed by atoms with van der Waals surface area (Å²) in [5.74, 6) is -1.08. The van der Waals surface area contributed by atoms with Crippen molar-refractivity contribution in [3.05, 3.63) is 71.3 Å². The van der Waals surface area contributed by atoms with Crippen LogP contribution in [0.5, 0.6) is 0 Å². The Balaban J connectivity index is 1.97. The number of carboxylic acid groups (broad SMARTS) is 1. The molecule has 0 bridgehead atoms. The van der Waals surface area contributed by atoms with E-state index >= 15 is 0 Å². The van der Waals surface area contributed by atoms with E-state index in [1.165, 1.54) is 5.56 Å². The minimum Gasteiger partial charge on any atom is -0.481 e. The number of carbonyl (C=O) groups is 2. The largest absolute Gasteiger partial charge is 0.481 e. The molecule has 126 valence electrons. The van der Waals surface area contributed by atoms with E-state index in [2.05, 4.69) is 17.4 Å². The van der Waals surface area contributed by atoms with Crippen molar-refractivity contribution in [3.63, 3.8) is 0 Å². The summed E-state index contributed by atoms with van der Waals surface area (Å²) in [6, 6.07) is 17.7. The van der Waals surface area contributed by atoms with Gasteiger partial charge in [-0.2, -0.15) is 0 Å². The maximum Gasteiger partial charge on any atom is 0.303 e. The molecule has 2 rings (SSSR count). The highest BCUT2D eigenvalue weighted by Crippen LogP contribution is 2.13. The maximum absolute atomic E-state index is 12.4. The summed E-state index contributed by atoms with van der Waals surface area (Å²) >= 11 is 0. The summed E-state index contributed by atoms with van der Waals surface area (Å²) in [5, 5.41) is 11.6. The van der Waals surface area contributed by atoms with Crippen molar-refractivity contribution in [2.45, 2.75) is 26.2 Å². The zero-order valence-corrected chi connectivity index (χ0v) is 13.9. The monoisotopic (exact) mass is 325 g/mol. The van der Waals surface area contributed by atoms with Crippen molar-refractivity contribution in [2.24, 2.45) is 5.92 Å².